The molecule has 5 aromatic rings. The SMILES string of the molecule is COc1ccc([C@@]23Oc4cc(C)cc(C)c4[C@]2(O)c2nc(-c4ccc(F)cc4)[nH]c(=O)c2[C@H]3c2ccccc2)cc1. The van der Waals surface area contributed by atoms with E-state index in [9.17, 15) is 14.3 Å². The van der Waals surface area contributed by atoms with Crippen LogP contribution in [0.3, 0.4) is 0 Å². The largest absolute Gasteiger partial charge is 0.497 e. The van der Waals surface area contributed by atoms with Gasteiger partial charge in [-0.1, -0.05) is 48.5 Å². The summed E-state index contributed by atoms with van der Waals surface area (Å²) < 4.78 is 26.2. The zero-order chi connectivity index (χ0) is 28.5. The smallest absolute Gasteiger partial charge is 0.255 e. The van der Waals surface area contributed by atoms with Crippen LogP contribution in [-0.2, 0) is 11.2 Å². The zero-order valence-corrected chi connectivity index (χ0v) is 22.7. The number of H-pyrrole nitrogens is 1. The molecule has 0 spiro atoms. The first-order valence-corrected chi connectivity index (χ1v) is 13.4. The van der Waals surface area contributed by atoms with Crippen molar-refractivity contribution in [3.8, 4) is 22.9 Å². The highest BCUT2D eigenvalue weighted by molar-refractivity contribution is 5.67. The molecule has 0 amide bonds. The molecule has 1 aliphatic heterocycles. The standard InChI is InChI=1S/C34H27FN2O4/c1-19-17-20(2)28-26(18-19)41-34(23-11-15-25(40-3)16-12-23)29(21-7-5-4-6-8-21)27-30(33(28,34)39)36-31(37-32(27)38)22-9-13-24(35)14-10-22/h4-18,29,39H,1-3H3,(H,36,37,38)/t29-,33+,34+/m1/s1. The summed E-state index contributed by atoms with van der Waals surface area (Å²) in [5.41, 5.74) is 1.21. The average molecular weight is 547 g/mol. The van der Waals surface area contributed by atoms with Gasteiger partial charge in [-0.15, -0.1) is 0 Å². The maximum absolute atomic E-state index is 14.1. The van der Waals surface area contributed by atoms with Gasteiger partial charge in [0.15, 0.2) is 11.2 Å². The minimum Gasteiger partial charge on any atom is -0.497 e. The van der Waals surface area contributed by atoms with Gasteiger partial charge in [-0.05, 0) is 73.0 Å². The Hall–Kier alpha value is -4.75. The van der Waals surface area contributed by atoms with Crippen LogP contribution in [0.5, 0.6) is 11.5 Å². The number of fused-ring (bicyclic) bond motifs is 5. The van der Waals surface area contributed by atoms with Crippen LogP contribution in [0.4, 0.5) is 4.39 Å². The second-order valence-corrected chi connectivity index (χ2v) is 10.8. The molecule has 0 unspecified atom stereocenters. The molecule has 2 heterocycles. The summed E-state index contributed by atoms with van der Waals surface area (Å²) in [7, 11) is 1.59. The first-order chi connectivity index (χ1) is 19.8. The highest BCUT2D eigenvalue weighted by atomic mass is 19.1. The Balaban J connectivity index is 1.62. The van der Waals surface area contributed by atoms with E-state index in [0.29, 0.717) is 33.8 Å². The van der Waals surface area contributed by atoms with Gasteiger partial charge in [-0.2, -0.15) is 0 Å². The van der Waals surface area contributed by atoms with Crippen molar-refractivity contribution in [2.24, 2.45) is 0 Å². The van der Waals surface area contributed by atoms with Gasteiger partial charge in [-0.3, -0.25) is 4.79 Å². The van der Waals surface area contributed by atoms with Crippen LogP contribution >= 0.6 is 0 Å². The molecule has 4 aromatic carbocycles. The minimum atomic E-state index is -1.84. The number of nitrogens with one attached hydrogen (secondary N) is 1. The fraction of sp³-hybridized carbons (Fsp3) is 0.176. The van der Waals surface area contributed by atoms with Gasteiger partial charge in [0.2, 0.25) is 0 Å². The van der Waals surface area contributed by atoms with E-state index in [1.165, 1.54) is 12.1 Å². The van der Waals surface area contributed by atoms with Gasteiger partial charge >= 0.3 is 0 Å². The lowest BCUT2D eigenvalue weighted by Gasteiger charge is -2.40. The molecule has 3 atom stereocenters. The molecule has 7 heteroatoms. The van der Waals surface area contributed by atoms with Crippen molar-refractivity contribution >= 4 is 0 Å². The number of hydrogen-bond donors (Lipinski definition) is 2. The molecule has 0 saturated heterocycles. The van der Waals surface area contributed by atoms with E-state index in [2.05, 4.69) is 4.98 Å². The molecule has 0 fully saturated rings. The lowest BCUT2D eigenvalue weighted by molar-refractivity contribution is -0.0906. The second-order valence-electron chi connectivity index (χ2n) is 10.8. The Kier molecular flexibility index (Phi) is 5.46. The molecule has 0 saturated carbocycles. The van der Waals surface area contributed by atoms with Gasteiger partial charge in [0.05, 0.1) is 24.3 Å². The summed E-state index contributed by atoms with van der Waals surface area (Å²) in [5, 5.41) is 13.3. The third-order valence-electron chi connectivity index (χ3n) is 8.38. The van der Waals surface area contributed by atoms with E-state index in [1.54, 1.807) is 19.2 Å². The highest BCUT2D eigenvalue weighted by Gasteiger charge is 2.73. The first-order valence-electron chi connectivity index (χ1n) is 13.4. The van der Waals surface area contributed by atoms with E-state index in [4.69, 9.17) is 14.5 Å². The van der Waals surface area contributed by atoms with Crippen molar-refractivity contribution in [2.45, 2.75) is 31.0 Å². The number of aliphatic hydroxyl groups is 1. The molecule has 1 aliphatic carbocycles. The molecule has 7 rings (SSSR count). The highest BCUT2D eigenvalue weighted by Crippen LogP contribution is 2.68. The van der Waals surface area contributed by atoms with Gasteiger partial charge in [0.1, 0.15) is 23.1 Å². The van der Waals surface area contributed by atoms with Crippen LogP contribution in [0, 0.1) is 19.7 Å². The van der Waals surface area contributed by atoms with Crippen molar-refractivity contribution in [3.63, 3.8) is 0 Å². The molecule has 2 N–H and O–H groups in total. The van der Waals surface area contributed by atoms with Gasteiger partial charge in [0.25, 0.3) is 5.56 Å². The zero-order valence-electron chi connectivity index (χ0n) is 22.7. The molecular formula is C34H27FN2O4. The number of hydrogen-bond acceptors (Lipinski definition) is 5. The van der Waals surface area contributed by atoms with E-state index < -0.39 is 28.5 Å². The van der Waals surface area contributed by atoms with Crippen LogP contribution < -0.4 is 15.0 Å². The summed E-state index contributed by atoms with van der Waals surface area (Å²) in [4.78, 5) is 21.9. The third kappa shape index (κ3) is 3.39. The van der Waals surface area contributed by atoms with Crippen molar-refractivity contribution in [3.05, 3.63) is 146 Å². The Bertz CT molecular complexity index is 1870. The Morgan fingerprint density at radius 1 is 0.976 bits per heavy atom. The summed E-state index contributed by atoms with van der Waals surface area (Å²) in [5.74, 6) is 0.304. The van der Waals surface area contributed by atoms with Crippen LogP contribution in [0.1, 0.15) is 45.0 Å². The number of nitrogens with zero attached hydrogens (tertiary/aromatic N) is 1. The number of aromatic nitrogens is 2. The van der Waals surface area contributed by atoms with E-state index >= 15 is 0 Å². The Morgan fingerprint density at radius 3 is 2.37 bits per heavy atom. The number of rotatable bonds is 4. The molecule has 204 valence electrons. The minimum absolute atomic E-state index is 0.218. The van der Waals surface area contributed by atoms with Crippen molar-refractivity contribution in [2.75, 3.05) is 7.11 Å². The monoisotopic (exact) mass is 546 g/mol. The van der Waals surface area contributed by atoms with Crippen LogP contribution in [-0.4, -0.2) is 22.2 Å². The van der Waals surface area contributed by atoms with Gasteiger partial charge in [0, 0.05) is 16.7 Å². The summed E-state index contributed by atoms with van der Waals surface area (Å²) in [6.45, 7) is 3.91. The molecule has 1 aromatic heterocycles. The predicted molar refractivity (Wildman–Crippen MR) is 153 cm³/mol. The first kappa shape index (κ1) is 25.2. The van der Waals surface area contributed by atoms with Crippen LogP contribution in [0.25, 0.3) is 11.4 Å². The average Bonchev–Trinajstić information content (AvgIpc) is 3.36. The maximum atomic E-state index is 14.1. The van der Waals surface area contributed by atoms with E-state index in [1.807, 2.05) is 80.6 Å². The third-order valence-corrected chi connectivity index (χ3v) is 8.38. The summed E-state index contributed by atoms with van der Waals surface area (Å²) >= 11 is 0. The molecule has 41 heavy (non-hydrogen) atoms. The van der Waals surface area contributed by atoms with E-state index in [-0.39, 0.29) is 11.5 Å². The van der Waals surface area contributed by atoms with Crippen molar-refractivity contribution < 1.29 is 19.0 Å². The van der Waals surface area contributed by atoms with Crippen LogP contribution in [0.2, 0.25) is 0 Å². The van der Waals surface area contributed by atoms with Gasteiger partial charge in [-0.25, -0.2) is 9.37 Å². The fourth-order valence-electron chi connectivity index (χ4n) is 6.76. The number of halogens is 1. The van der Waals surface area contributed by atoms with Crippen molar-refractivity contribution in [1.82, 2.24) is 9.97 Å². The van der Waals surface area contributed by atoms with Crippen LogP contribution in [0.15, 0.2) is 95.8 Å². The molecular weight excluding hydrogens is 519 g/mol. The van der Waals surface area contributed by atoms with E-state index in [0.717, 1.165) is 16.7 Å². The second kappa shape index (κ2) is 8.88. The molecule has 0 radical (unpaired) electrons. The number of aryl methyl sites for hydroxylation is 2. The summed E-state index contributed by atoms with van der Waals surface area (Å²) in [6.07, 6.45) is 0. The summed E-state index contributed by atoms with van der Waals surface area (Å²) in [6, 6.07) is 26.6. The van der Waals surface area contributed by atoms with Gasteiger partial charge < -0.3 is 19.6 Å². The Morgan fingerprint density at radius 2 is 1.68 bits per heavy atom. The molecule has 6 nitrogen and oxygen atoms in total. The molecule has 0 bridgehead atoms. The normalized spacial score (nSPS) is 22.0. The Labute approximate surface area is 236 Å². The lowest BCUT2D eigenvalue weighted by Crippen LogP contribution is -2.49. The maximum Gasteiger partial charge on any atom is 0.255 e. The number of benzene rings is 4. The molecule has 2 aliphatic rings. The van der Waals surface area contributed by atoms with Crippen molar-refractivity contribution in [1.29, 1.82) is 0 Å². The number of methoxy groups -OCH3 is 1. The number of aromatic amines is 1. The lowest BCUT2D eigenvalue weighted by atomic mass is 9.69. The quantitative estimate of drug-likeness (QED) is 0.295. The predicted octanol–water partition coefficient (Wildman–Crippen LogP) is 5.87. The topological polar surface area (TPSA) is 84.4 Å². The fourth-order valence-corrected chi connectivity index (χ4v) is 6.76. The number of ether oxygens (including phenoxy) is 2.